The van der Waals surface area contributed by atoms with Crippen molar-refractivity contribution in [1.29, 1.82) is 0 Å². The molecular weight excluding hydrogens is 440 g/mol. The van der Waals surface area contributed by atoms with Crippen LogP contribution in [-0.2, 0) is 16.5 Å². The van der Waals surface area contributed by atoms with Crippen molar-refractivity contribution in [3.63, 3.8) is 0 Å². The third kappa shape index (κ3) is 4.17. The number of aryl methyl sites for hydroxylation is 1. The summed E-state index contributed by atoms with van der Waals surface area (Å²) in [5.74, 6) is 0. The van der Waals surface area contributed by atoms with Crippen molar-refractivity contribution >= 4 is 51.6 Å². The zero-order valence-electron chi connectivity index (χ0n) is 6.98. The molecule has 0 saturated heterocycles. The van der Waals surface area contributed by atoms with Gasteiger partial charge in [-0.05, 0) is 25.4 Å². The van der Waals surface area contributed by atoms with E-state index in [-0.39, 0.29) is 0 Å². The van der Waals surface area contributed by atoms with E-state index in [0.29, 0.717) is 14.7 Å². The first-order valence-electron chi connectivity index (χ1n) is 3.12. The fourth-order valence-electron chi connectivity index (χ4n) is 0.675. The number of imidazole rings is 1. The van der Waals surface area contributed by atoms with Crippen LogP contribution in [0.4, 0.5) is 0 Å². The normalized spacial score (nSPS) is 8.83. The molecule has 1 aromatic heterocycles. The summed E-state index contributed by atoms with van der Waals surface area (Å²) in [6.45, 7) is 3.94. The third-order valence-electron chi connectivity index (χ3n) is 1.56. The van der Waals surface area contributed by atoms with Crippen molar-refractivity contribution in [3.05, 3.63) is 16.7 Å². The molecule has 6 heteroatoms. The van der Waals surface area contributed by atoms with Gasteiger partial charge in [-0.2, -0.15) is 0 Å². The molecule has 0 N–H and O–H groups in total. The van der Waals surface area contributed by atoms with E-state index in [1.165, 1.54) is 0 Å². The molecule has 1 aromatic rings. The SMILES string of the molecule is Cc1nc(Cl)n(C)c1C.[I][V][I]. The van der Waals surface area contributed by atoms with E-state index >= 15 is 0 Å². The fraction of sp³-hybridized carbons (Fsp3) is 0.500. The average Bonchev–Trinajstić information content (AvgIpc) is 2.20. The quantitative estimate of drug-likeness (QED) is 0.555. The molecule has 0 saturated carbocycles. The first kappa shape index (κ1) is 13.5. The van der Waals surface area contributed by atoms with Crippen LogP contribution in [0.25, 0.3) is 0 Å². The summed E-state index contributed by atoms with van der Waals surface area (Å²) in [5, 5.41) is 0.560. The van der Waals surface area contributed by atoms with Crippen LogP contribution >= 0.6 is 51.6 Å². The number of aromatic nitrogens is 2. The van der Waals surface area contributed by atoms with Gasteiger partial charge in [-0.25, -0.2) is 4.98 Å². The van der Waals surface area contributed by atoms with Crippen molar-refractivity contribution < 1.29 is 9.47 Å². The maximum atomic E-state index is 5.69. The van der Waals surface area contributed by atoms with Crippen LogP contribution in [0.3, 0.4) is 0 Å². The molecule has 69 valence electrons. The van der Waals surface area contributed by atoms with Crippen LogP contribution < -0.4 is 0 Å². The Labute approximate surface area is 107 Å². The minimum atomic E-state index is 0.560. The Bertz CT molecular complexity index is 229. The number of nitrogens with zero attached hydrogens (tertiary/aromatic N) is 2. The van der Waals surface area contributed by atoms with Gasteiger partial charge in [0.1, 0.15) is 0 Å². The summed E-state index contributed by atoms with van der Waals surface area (Å²) in [7, 11) is 2.53. The van der Waals surface area contributed by atoms with E-state index in [0.717, 1.165) is 11.4 Å². The Morgan fingerprint density at radius 2 is 1.83 bits per heavy atom. The zero-order chi connectivity index (χ0) is 9.72. The van der Waals surface area contributed by atoms with Crippen LogP contribution in [0.5, 0.6) is 0 Å². The standard InChI is InChI=1S/C6H9ClN2.2HI.V/c1-4-5(2)9(3)6(7)8-4;;;/h1-3H3;2*1H;/q;;;+2/p-2. The second-order valence-corrected chi connectivity index (χ2v) is 14.3. The van der Waals surface area contributed by atoms with Gasteiger partial charge < -0.3 is 4.57 Å². The predicted molar refractivity (Wildman–Crippen MR) is 65.7 cm³/mol. The summed E-state index contributed by atoms with van der Waals surface area (Å²) in [5.41, 5.74) is 2.13. The molecule has 0 aliphatic carbocycles. The van der Waals surface area contributed by atoms with Crippen LogP contribution in [0.1, 0.15) is 11.4 Å². The topological polar surface area (TPSA) is 17.8 Å². The van der Waals surface area contributed by atoms with Crippen LogP contribution in [0, 0.1) is 13.8 Å². The van der Waals surface area contributed by atoms with E-state index < -0.39 is 0 Å². The van der Waals surface area contributed by atoms with E-state index in [2.05, 4.69) is 44.9 Å². The number of halogens is 3. The van der Waals surface area contributed by atoms with Crippen molar-refractivity contribution in [2.45, 2.75) is 13.8 Å². The van der Waals surface area contributed by atoms with E-state index in [1.807, 2.05) is 25.5 Å². The maximum absolute atomic E-state index is 5.69. The van der Waals surface area contributed by atoms with Gasteiger partial charge in [-0.15, -0.1) is 0 Å². The predicted octanol–water partition coefficient (Wildman–Crippen LogP) is 3.46. The van der Waals surface area contributed by atoms with Crippen molar-refractivity contribution in [3.8, 4) is 0 Å². The fourth-order valence-corrected chi connectivity index (χ4v) is 0.929. The molecule has 0 aliphatic heterocycles. The molecular formula is C6H9ClI2N2V. The Morgan fingerprint density at radius 3 is 1.92 bits per heavy atom. The molecule has 2 nitrogen and oxygen atoms in total. The third-order valence-corrected chi connectivity index (χ3v) is 1.90. The number of hydrogen-bond donors (Lipinski definition) is 0. The summed E-state index contributed by atoms with van der Waals surface area (Å²) in [6, 6.07) is 0. The first-order chi connectivity index (χ1) is 5.54. The van der Waals surface area contributed by atoms with Gasteiger partial charge >= 0.3 is 49.4 Å². The Morgan fingerprint density at radius 1 is 1.42 bits per heavy atom. The summed E-state index contributed by atoms with van der Waals surface area (Å²) in [4.78, 5) is 4.04. The minimum absolute atomic E-state index is 0.560. The molecule has 0 radical (unpaired) electrons. The summed E-state index contributed by atoms with van der Waals surface area (Å²) in [6.07, 6.45) is 0. The van der Waals surface area contributed by atoms with Crippen LogP contribution in [0.2, 0.25) is 5.28 Å². The molecule has 0 atom stereocenters. The van der Waals surface area contributed by atoms with Gasteiger partial charge in [0.05, 0.1) is 5.69 Å². The van der Waals surface area contributed by atoms with Gasteiger partial charge in [-0.1, -0.05) is 0 Å². The molecule has 0 amide bonds. The molecule has 0 fully saturated rings. The van der Waals surface area contributed by atoms with Gasteiger partial charge in [0.25, 0.3) is 0 Å². The monoisotopic (exact) mass is 449 g/mol. The molecule has 1 heterocycles. The molecule has 0 bridgehead atoms. The Hall–Kier alpha value is 1.54. The van der Waals surface area contributed by atoms with Gasteiger partial charge in [0.2, 0.25) is 5.28 Å². The molecule has 1 rings (SSSR count). The van der Waals surface area contributed by atoms with Gasteiger partial charge in [0, 0.05) is 12.7 Å². The van der Waals surface area contributed by atoms with Crippen LogP contribution in [-0.4, -0.2) is 9.55 Å². The van der Waals surface area contributed by atoms with E-state index in [9.17, 15) is 0 Å². The summed E-state index contributed by atoms with van der Waals surface area (Å²) < 4.78 is 1.86. The molecule has 0 unspecified atom stereocenters. The second kappa shape index (κ2) is 6.92. The van der Waals surface area contributed by atoms with Gasteiger partial charge in [0.15, 0.2) is 0 Å². The first-order valence-corrected chi connectivity index (χ1v) is 12.5. The van der Waals surface area contributed by atoms with Crippen molar-refractivity contribution in [1.82, 2.24) is 9.55 Å². The Balaban J connectivity index is 0.000000354. The van der Waals surface area contributed by atoms with E-state index in [1.54, 1.807) is 0 Å². The Kier molecular flexibility index (Phi) is 7.81. The molecule has 0 spiro atoms. The van der Waals surface area contributed by atoms with Crippen molar-refractivity contribution in [2.75, 3.05) is 0 Å². The number of rotatable bonds is 0. The number of hydrogen-bond acceptors (Lipinski definition) is 1. The second-order valence-electron chi connectivity index (χ2n) is 2.17. The average molecular weight is 449 g/mol. The van der Waals surface area contributed by atoms with Gasteiger partial charge in [-0.3, -0.25) is 0 Å². The summed E-state index contributed by atoms with van der Waals surface area (Å²) >= 11 is 10.4. The molecule has 12 heavy (non-hydrogen) atoms. The zero-order valence-corrected chi connectivity index (χ0v) is 13.4. The van der Waals surface area contributed by atoms with E-state index in [4.69, 9.17) is 11.6 Å². The van der Waals surface area contributed by atoms with Crippen molar-refractivity contribution in [2.24, 2.45) is 7.05 Å². The molecule has 0 aromatic carbocycles. The molecule has 0 aliphatic rings. The van der Waals surface area contributed by atoms with Crippen LogP contribution in [0.15, 0.2) is 0 Å².